The second-order valence-electron chi connectivity index (χ2n) is 7.20. The summed E-state index contributed by atoms with van der Waals surface area (Å²) in [5.41, 5.74) is -0.928. The highest BCUT2D eigenvalue weighted by atomic mass is 32.2. The molecule has 0 aliphatic rings. The minimum Gasteiger partial charge on any atom is -0.481 e. The molecule has 2 rings (SSSR count). The molecule has 3 N–H and O–H groups in total. The van der Waals surface area contributed by atoms with E-state index in [1.165, 1.54) is 19.1 Å². The van der Waals surface area contributed by atoms with Crippen molar-refractivity contribution >= 4 is 39.3 Å². The first-order valence-electron chi connectivity index (χ1n) is 9.64. The van der Waals surface area contributed by atoms with Gasteiger partial charge in [0.2, 0.25) is 15.9 Å². The number of carbonyl (C=O) groups excluding carboxylic acids is 1. The molecule has 1 heterocycles. The monoisotopic (exact) mass is 523 g/mol. The SMILES string of the molecule is CC(C(=O)NCc1ccc(C(F)(F)F)nc1SCCC(=O)O)c1ccc(NS(C)(=O)=O)c(F)c1. The van der Waals surface area contributed by atoms with Crippen molar-refractivity contribution in [2.45, 2.75) is 37.0 Å². The van der Waals surface area contributed by atoms with Crippen LogP contribution in [0.5, 0.6) is 0 Å². The predicted octanol–water partition coefficient (Wildman–Crippen LogP) is 3.60. The van der Waals surface area contributed by atoms with E-state index in [0.29, 0.717) is 0 Å². The molecule has 1 unspecified atom stereocenters. The predicted molar refractivity (Wildman–Crippen MR) is 117 cm³/mol. The number of aromatic nitrogens is 1. The van der Waals surface area contributed by atoms with Crippen molar-refractivity contribution in [3.8, 4) is 0 Å². The van der Waals surface area contributed by atoms with E-state index in [1.54, 1.807) is 0 Å². The molecule has 14 heteroatoms. The first-order chi connectivity index (χ1) is 15.7. The number of carbonyl (C=O) groups is 2. The Morgan fingerprint density at radius 1 is 1.21 bits per heavy atom. The average molecular weight is 524 g/mol. The van der Waals surface area contributed by atoms with Crippen LogP contribution in [-0.4, -0.2) is 42.4 Å². The zero-order valence-electron chi connectivity index (χ0n) is 17.9. The number of benzene rings is 1. The van der Waals surface area contributed by atoms with Gasteiger partial charge in [0.1, 0.15) is 16.5 Å². The number of rotatable bonds is 10. The maximum absolute atomic E-state index is 14.2. The molecule has 1 aromatic carbocycles. The molecule has 8 nitrogen and oxygen atoms in total. The Kier molecular flexibility index (Phi) is 8.89. The van der Waals surface area contributed by atoms with Crippen LogP contribution in [-0.2, 0) is 32.3 Å². The van der Waals surface area contributed by atoms with Gasteiger partial charge in [-0.2, -0.15) is 13.2 Å². The molecule has 34 heavy (non-hydrogen) atoms. The van der Waals surface area contributed by atoms with Gasteiger partial charge in [0.15, 0.2) is 0 Å². The summed E-state index contributed by atoms with van der Waals surface area (Å²) in [6.45, 7) is 1.28. The van der Waals surface area contributed by atoms with Gasteiger partial charge < -0.3 is 10.4 Å². The maximum atomic E-state index is 14.2. The summed E-state index contributed by atoms with van der Waals surface area (Å²) < 4.78 is 77.8. The first kappa shape index (κ1) is 27.4. The van der Waals surface area contributed by atoms with Crippen molar-refractivity contribution in [2.75, 3.05) is 16.7 Å². The van der Waals surface area contributed by atoms with Crippen LogP contribution in [0.25, 0.3) is 0 Å². The summed E-state index contributed by atoms with van der Waals surface area (Å²) in [5.74, 6) is -3.45. The van der Waals surface area contributed by atoms with Gasteiger partial charge >= 0.3 is 12.1 Å². The number of hydrogen-bond acceptors (Lipinski definition) is 6. The summed E-state index contributed by atoms with van der Waals surface area (Å²) in [6.07, 6.45) is -4.12. The third-order valence-electron chi connectivity index (χ3n) is 4.42. The molecule has 0 bridgehead atoms. The number of pyridine rings is 1. The van der Waals surface area contributed by atoms with Crippen molar-refractivity contribution in [1.82, 2.24) is 10.3 Å². The Morgan fingerprint density at radius 2 is 1.88 bits per heavy atom. The number of amides is 1. The first-order valence-corrected chi connectivity index (χ1v) is 12.5. The number of anilines is 1. The number of nitrogens with zero attached hydrogens (tertiary/aromatic N) is 1. The van der Waals surface area contributed by atoms with E-state index in [9.17, 15) is 35.6 Å². The van der Waals surface area contributed by atoms with Gasteiger partial charge in [0.25, 0.3) is 0 Å². The lowest BCUT2D eigenvalue weighted by atomic mass is 9.99. The molecule has 0 aliphatic carbocycles. The van der Waals surface area contributed by atoms with Crippen molar-refractivity contribution in [1.29, 1.82) is 0 Å². The minimum atomic E-state index is -4.69. The van der Waals surface area contributed by atoms with E-state index >= 15 is 0 Å². The number of carboxylic acid groups (broad SMARTS) is 1. The topological polar surface area (TPSA) is 125 Å². The van der Waals surface area contributed by atoms with Gasteiger partial charge in [0.05, 0.1) is 24.3 Å². The lowest BCUT2D eigenvalue weighted by Crippen LogP contribution is -2.28. The molecule has 186 valence electrons. The van der Waals surface area contributed by atoms with Gasteiger partial charge in [-0.3, -0.25) is 14.3 Å². The fourth-order valence-corrected chi connectivity index (χ4v) is 4.22. The molecular formula is C20H21F4N3O5S2. The molecule has 0 fully saturated rings. The Hall–Kier alpha value is -2.87. The van der Waals surface area contributed by atoms with Crippen LogP contribution in [0, 0.1) is 5.82 Å². The summed E-state index contributed by atoms with van der Waals surface area (Å²) >= 11 is 0.821. The molecule has 0 spiro atoms. The van der Waals surface area contributed by atoms with Gasteiger partial charge in [-0.1, -0.05) is 12.1 Å². The summed E-state index contributed by atoms with van der Waals surface area (Å²) in [6, 6.07) is 5.45. The average Bonchev–Trinajstić information content (AvgIpc) is 2.71. The molecule has 1 atom stereocenters. The molecule has 1 aromatic heterocycles. The number of carboxylic acids is 1. The number of sulfonamides is 1. The third kappa shape index (κ3) is 8.17. The second kappa shape index (κ2) is 11.0. The summed E-state index contributed by atoms with van der Waals surface area (Å²) in [5, 5.41) is 11.2. The van der Waals surface area contributed by atoms with Crippen LogP contribution < -0.4 is 10.0 Å². The Morgan fingerprint density at radius 3 is 2.44 bits per heavy atom. The van der Waals surface area contributed by atoms with Crippen molar-refractivity contribution in [3.63, 3.8) is 0 Å². The smallest absolute Gasteiger partial charge is 0.433 e. The number of hydrogen-bond donors (Lipinski definition) is 3. The van der Waals surface area contributed by atoms with Crippen molar-refractivity contribution < 1.29 is 40.7 Å². The lowest BCUT2D eigenvalue weighted by molar-refractivity contribution is -0.141. The second-order valence-corrected chi connectivity index (χ2v) is 10.0. The fraction of sp³-hybridized carbons (Fsp3) is 0.350. The molecule has 0 radical (unpaired) electrons. The minimum absolute atomic E-state index is 0.0197. The molecule has 0 saturated carbocycles. The standard InChI is InChI=1S/C20H21F4N3O5S2/c1-11(12-3-5-15(14(21)9-12)27-34(2,31)32)18(30)25-10-13-4-6-16(20(22,23)24)26-19(13)33-8-7-17(28)29/h3-6,9,11,27H,7-8,10H2,1-2H3,(H,25,30)(H,28,29). The number of aliphatic carboxylic acids is 1. The van der Waals surface area contributed by atoms with Crippen LogP contribution in [0.4, 0.5) is 23.2 Å². The number of nitrogens with one attached hydrogen (secondary N) is 2. The summed E-state index contributed by atoms with van der Waals surface area (Å²) in [7, 11) is -3.70. The highest BCUT2D eigenvalue weighted by Crippen LogP contribution is 2.31. The van der Waals surface area contributed by atoms with E-state index < -0.39 is 45.5 Å². The molecule has 0 aliphatic heterocycles. The Balaban J connectivity index is 2.14. The molecule has 0 saturated heterocycles. The Bertz CT molecular complexity index is 1170. The quantitative estimate of drug-likeness (QED) is 0.321. The van der Waals surface area contributed by atoms with Crippen molar-refractivity contribution in [3.05, 3.63) is 53.0 Å². The molecular weight excluding hydrogens is 502 g/mol. The van der Waals surface area contributed by atoms with E-state index in [0.717, 1.165) is 36.2 Å². The molecule has 2 aromatic rings. The van der Waals surface area contributed by atoms with Gasteiger partial charge in [-0.05, 0) is 30.7 Å². The zero-order chi connectivity index (χ0) is 25.7. The van der Waals surface area contributed by atoms with Crippen LogP contribution in [0.2, 0.25) is 0 Å². The fourth-order valence-electron chi connectivity index (χ4n) is 2.69. The molecule has 1 amide bonds. The zero-order valence-corrected chi connectivity index (χ0v) is 19.6. The van der Waals surface area contributed by atoms with Crippen LogP contribution in [0.3, 0.4) is 0 Å². The summed E-state index contributed by atoms with van der Waals surface area (Å²) in [4.78, 5) is 26.8. The van der Waals surface area contributed by atoms with Crippen molar-refractivity contribution in [2.24, 2.45) is 0 Å². The van der Waals surface area contributed by atoms with Gasteiger partial charge in [0, 0.05) is 17.9 Å². The highest BCUT2D eigenvalue weighted by Gasteiger charge is 2.33. The highest BCUT2D eigenvalue weighted by molar-refractivity contribution is 7.99. The lowest BCUT2D eigenvalue weighted by Gasteiger charge is -2.16. The third-order valence-corrected chi connectivity index (χ3v) is 6.04. The normalized spacial score (nSPS) is 12.8. The van der Waals surface area contributed by atoms with Crippen LogP contribution >= 0.6 is 11.8 Å². The Labute approximate surface area is 197 Å². The van der Waals surface area contributed by atoms with E-state index in [2.05, 4.69) is 10.3 Å². The van der Waals surface area contributed by atoms with E-state index in [4.69, 9.17) is 5.11 Å². The van der Waals surface area contributed by atoms with E-state index in [1.807, 2.05) is 4.72 Å². The largest absolute Gasteiger partial charge is 0.481 e. The van der Waals surface area contributed by atoms with Gasteiger partial charge in [-0.15, -0.1) is 11.8 Å². The number of halogens is 4. The van der Waals surface area contributed by atoms with Crippen LogP contribution in [0.15, 0.2) is 35.4 Å². The number of alkyl halides is 3. The van der Waals surface area contributed by atoms with Crippen LogP contribution in [0.1, 0.15) is 36.1 Å². The van der Waals surface area contributed by atoms with Gasteiger partial charge in [-0.25, -0.2) is 17.8 Å². The maximum Gasteiger partial charge on any atom is 0.433 e. The van der Waals surface area contributed by atoms with E-state index in [-0.39, 0.29) is 40.6 Å². The number of thioether (sulfide) groups is 1.